The Morgan fingerprint density at radius 1 is 1.54 bits per heavy atom. The molecular weight excluding hydrogens is 164 g/mol. The second kappa shape index (κ2) is 5.02. The van der Waals surface area contributed by atoms with E-state index < -0.39 is 0 Å². The maximum Gasteiger partial charge on any atom is 0.243 e. The number of nitrogens with one attached hydrogen (secondary N) is 1. The van der Waals surface area contributed by atoms with Crippen molar-refractivity contribution in [3.63, 3.8) is 0 Å². The second-order valence-corrected chi connectivity index (χ2v) is 4.05. The molecule has 0 aromatic rings. The predicted molar refractivity (Wildman–Crippen MR) is 55.0 cm³/mol. The van der Waals surface area contributed by atoms with E-state index >= 15 is 0 Å². The maximum atomic E-state index is 10.8. The summed E-state index contributed by atoms with van der Waals surface area (Å²) in [5, 5.41) is 2.73. The summed E-state index contributed by atoms with van der Waals surface area (Å²) in [6.45, 7) is 8.06. The third-order valence-electron chi connectivity index (χ3n) is 2.06. The molecule has 3 heteroatoms. The Morgan fingerprint density at radius 3 is 2.46 bits per heavy atom. The first-order valence-corrected chi connectivity index (χ1v) is 4.42. The molecule has 0 rings (SSSR count). The van der Waals surface area contributed by atoms with Crippen LogP contribution in [0.4, 0.5) is 0 Å². The third-order valence-corrected chi connectivity index (χ3v) is 2.06. The first-order chi connectivity index (χ1) is 5.88. The molecule has 0 aliphatic carbocycles. The lowest BCUT2D eigenvalue weighted by Gasteiger charge is -2.31. The lowest BCUT2D eigenvalue weighted by atomic mass is 10.2. The van der Waals surface area contributed by atoms with Crippen LogP contribution in [0.25, 0.3) is 0 Å². The molecule has 0 heterocycles. The molecule has 0 fully saturated rings. The van der Waals surface area contributed by atoms with Gasteiger partial charge in [-0.2, -0.15) is 0 Å². The largest absolute Gasteiger partial charge is 0.352 e. The normalized spacial score (nSPS) is 13.5. The summed E-state index contributed by atoms with van der Waals surface area (Å²) in [6, 6.07) is 0.296. The molecule has 1 radical (unpaired) electrons. The highest BCUT2D eigenvalue weighted by Crippen LogP contribution is 2.04. The van der Waals surface area contributed by atoms with Crippen molar-refractivity contribution in [3.05, 3.63) is 19.6 Å². The monoisotopic (exact) mass is 184 g/mol. The van der Waals surface area contributed by atoms with Crippen molar-refractivity contribution in [2.45, 2.75) is 12.5 Å². The van der Waals surface area contributed by atoms with E-state index in [4.69, 9.17) is 0 Å². The van der Waals surface area contributed by atoms with Crippen LogP contribution in [0.5, 0.6) is 0 Å². The highest BCUT2D eigenvalue weighted by molar-refractivity contribution is 5.86. The predicted octanol–water partition coefficient (Wildman–Crippen LogP) is 0.588. The molecule has 3 nitrogen and oxygen atoms in total. The number of carbonyl (C=O) groups excluding carboxylic acids is 1. The van der Waals surface area contributed by atoms with Gasteiger partial charge in [-0.25, -0.2) is 0 Å². The van der Waals surface area contributed by atoms with Crippen LogP contribution < -0.4 is 5.32 Å². The zero-order valence-corrected chi connectivity index (χ0v) is 8.84. The van der Waals surface area contributed by atoms with Gasteiger partial charge in [0, 0.05) is 19.9 Å². The van der Waals surface area contributed by atoms with E-state index in [9.17, 15) is 4.79 Å². The molecule has 0 aliphatic rings. The first-order valence-electron chi connectivity index (χ1n) is 4.42. The number of hydrogen-bond acceptors (Lipinski definition) is 1. The molecule has 13 heavy (non-hydrogen) atoms. The summed E-state index contributed by atoms with van der Waals surface area (Å²) in [4.78, 5) is 10.8. The van der Waals surface area contributed by atoms with Crippen molar-refractivity contribution in [3.8, 4) is 0 Å². The van der Waals surface area contributed by atoms with Crippen molar-refractivity contribution in [2.24, 2.45) is 0 Å². The molecule has 1 atom stereocenters. The minimum absolute atomic E-state index is 0.117. The average molecular weight is 184 g/mol. The summed E-state index contributed by atoms with van der Waals surface area (Å²) in [7, 11) is 6.27. The molecule has 0 aromatic heterocycles. The van der Waals surface area contributed by atoms with Crippen LogP contribution >= 0.6 is 0 Å². The van der Waals surface area contributed by atoms with Gasteiger partial charge >= 0.3 is 0 Å². The SMILES string of the molecule is [CH2]C(CCNC(=O)C=C)[N+](C)(C)C. The highest BCUT2D eigenvalue weighted by Gasteiger charge is 2.17. The fourth-order valence-corrected chi connectivity index (χ4v) is 0.821. The smallest absolute Gasteiger partial charge is 0.243 e. The Morgan fingerprint density at radius 2 is 2.08 bits per heavy atom. The molecule has 75 valence electrons. The van der Waals surface area contributed by atoms with Gasteiger partial charge < -0.3 is 9.80 Å². The van der Waals surface area contributed by atoms with E-state index in [-0.39, 0.29) is 5.91 Å². The van der Waals surface area contributed by atoms with Crippen LogP contribution in [0.15, 0.2) is 12.7 Å². The molecule has 1 N–H and O–H groups in total. The van der Waals surface area contributed by atoms with Gasteiger partial charge in [0.1, 0.15) is 0 Å². The molecule has 0 bridgehead atoms. The van der Waals surface area contributed by atoms with Gasteiger partial charge in [-0.1, -0.05) is 6.58 Å². The highest BCUT2D eigenvalue weighted by atomic mass is 16.1. The Hall–Kier alpha value is -0.830. The Bertz CT molecular complexity index is 182. The van der Waals surface area contributed by atoms with E-state index in [1.807, 2.05) is 0 Å². The third kappa shape index (κ3) is 5.42. The molecule has 1 amide bonds. The molecule has 0 saturated carbocycles. The summed E-state index contributed by atoms with van der Waals surface area (Å²) in [5.41, 5.74) is 0. The minimum atomic E-state index is -0.117. The number of quaternary nitrogens is 1. The summed E-state index contributed by atoms with van der Waals surface area (Å²) >= 11 is 0. The van der Waals surface area contributed by atoms with Crippen LogP contribution in [0.2, 0.25) is 0 Å². The summed E-state index contributed by atoms with van der Waals surface area (Å²) in [5.74, 6) is -0.117. The van der Waals surface area contributed by atoms with Gasteiger partial charge in [-0.05, 0) is 6.08 Å². The molecule has 0 aliphatic heterocycles. The maximum absolute atomic E-state index is 10.8. The Labute approximate surface area is 81.0 Å². The van der Waals surface area contributed by atoms with Gasteiger partial charge in [0.25, 0.3) is 0 Å². The van der Waals surface area contributed by atoms with E-state index in [2.05, 4.69) is 40.0 Å². The van der Waals surface area contributed by atoms with Crippen LogP contribution in [0, 0.1) is 6.92 Å². The van der Waals surface area contributed by atoms with Crippen molar-refractivity contribution in [2.75, 3.05) is 27.7 Å². The topological polar surface area (TPSA) is 29.1 Å². The summed E-state index contributed by atoms with van der Waals surface area (Å²) in [6.07, 6.45) is 2.16. The second-order valence-electron chi connectivity index (χ2n) is 4.05. The van der Waals surface area contributed by atoms with Crippen molar-refractivity contribution in [1.29, 1.82) is 0 Å². The average Bonchev–Trinajstić information content (AvgIpc) is 2.02. The number of amides is 1. The van der Waals surface area contributed by atoms with Gasteiger partial charge in [-0.15, -0.1) is 0 Å². The number of nitrogens with zero attached hydrogens (tertiary/aromatic N) is 1. The lowest BCUT2D eigenvalue weighted by molar-refractivity contribution is -0.889. The zero-order valence-electron chi connectivity index (χ0n) is 8.84. The van der Waals surface area contributed by atoms with Crippen LogP contribution in [0.3, 0.4) is 0 Å². The fraction of sp³-hybridized carbons (Fsp3) is 0.600. The van der Waals surface area contributed by atoms with Gasteiger partial charge in [0.2, 0.25) is 5.91 Å². The quantitative estimate of drug-likeness (QED) is 0.491. The van der Waals surface area contributed by atoms with E-state index in [1.165, 1.54) is 6.08 Å². The van der Waals surface area contributed by atoms with Gasteiger partial charge in [-0.3, -0.25) is 4.79 Å². The zero-order chi connectivity index (χ0) is 10.5. The molecule has 1 unspecified atom stereocenters. The lowest BCUT2D eigenvalue weighted by Crippen LogP contribution is -2.45. The molecule has 0 aromatic carbocycles. The number of rotatable bonds is 5. The van der Waals surface area contributed by atoms with Crippen LogP contribution in [-0.2, 0) is 4.79 Å². The molecule has 0 saturated heterocycles. The van der Waals surface area contributed by atoms with Crippen molar-refractivity contribution in [1.82, 2.24) is 5.32 Å². The van der Waals surface area contributed by atoms with E-state index in [1.54, 1.807) is 0 Å². The molecular formula is C10H20N2O+. The van der Waals surface area contributed by atoms with E-state index in [0.29, 0.717) is 12.6 Å². The van der Waals surface area contributed by atoms with Crippen molar-refractivity contribution < 1.29 is 9.28 Å². The van der Waals surface area contributed by atoms with Gasteiger partial charge in [0.05, 0.1) is 27.2 Å². The summed E-state index contributed by atoms with van der Waals surface area (Å²) < 4.78 is 0.809. The van der Waals surface area contributed by atoms with Crippen molar-refractivity contribution >= 4 is 5.91 Å². The van der Waals surface area contributed by atoms with E-state index in [0.717, 1.165) is 10.9 Å². The standard InChI is InChI=1S/C10H19N2O/c1-6-10(13)11-8-7-9(2)12(3,4)5/h6,9H,1-2,7-8H2,3-5H3/p+1. The molecule has 0 spiro atoms. The Kier molecular flexibility index (Phi) is 4.70. The van der Waals surface area contributed by atoms with Crippen LogP contribution in [0.1, 0.15) is 6.42 Å². The first kappa shape index (κ1) is 12.2. The number of carbonyl (C=O) groups is 1. The Balaban J connectivity index is 3.65. The minimum Gasteiger partial charge on any atom is -0.352 e. The van der Waals surface area contributed by atoms with Gasteiger partial charge in [0.15, 0.2) is 0 Å². The number of hydrogen-bond donors (Lipinski definition) is 1. The van der Waals surface area contributed by atoms with Crippen LogP contribution in [-0.4, -0.2) is 44.1 Å². The fourth-order valence-electron chi connectivity index (χ4n) is 0.821.